The topological polar surface area (TPSA) is 68.9 Å². The standard InChI is InChI=1S/C8H4N3O2.W/c12-11(13)6-1-2-7-8(5-6)10-4-3-9-7;/h1-3,5H;/q-1;. The second kappa shape index (κ2) is 4.24. The molecular formula is C8H4N3O2W-. The van der Waals surface area contributed by atoms with Crippen LogP contribution in [0.4, 0.5) is 5.69 Å². The number of nitrogens with zero attached hydrogens (tertiary/aromatic N) is 3. The van der Waals surface area contributed by atoms with Crippen molar-refractivity contribution in [2.24, 2.45) is 0 Å². The van der Waals surface area contributed by atoms with Gasteiger partial charge in [0.05, 0.1) is 4.92 Å². The molecule has 0 unspecified atom stereocenters. The number of fused-ring (bicyclic) bond motifs is 1. The molecule has 0 aliphatic heterocycles. The zero-order valence-electron chi connectivity index (χ0n) is 6.88. The van der Waals surface area contributed by atoms with Crippen molar-refractivity contribution in [2.45, 2.75) is 0 Å². The van der Waals surface area contributed by atoms with E-state index in [2.05, 4.69) is 16.2 Å². The van der Waals surface area contributed by atoms with Gasteiger partial charge in [0.2, 0.25) is 0 Å². The van der Waals surface area contributed by atoms with Gasteiger partial charge in [0, 0.05) is 32.6 Å². The largest absolute Gasteiger partial charge is 0.448 e. The average Bonchev–Trinajstić information content (AvgIpc) is 2.17. The van der Waals surface area contributed by atoms with Gasteiger partial charge in [0.15, 0.2) is 0 Å². The summed E-state index contributed by atoms with van der Waals surface area (Å²) in [5.41, 5.74) is 1.13. The van der Waals surface area contributed by atoms with Gasteiger partial charge in [-0.05, 0) is 18.3 Å². The zero-order chi connectivity index (χ0) is 9.26. The van der Waals surface area contributed by atoms with E-state index in [0.717, 1.165) is 0 Å². The summed E-state index contributed by atoms with van der Waals surface area (Å²) < 4.78 is 0. The molecule has 1 heterocycles. The van der Waals surface area contributed by atoms with Crippen LogP contribution in [0.5, 0.6) is 0 Å². The van der Waals surface area contributed by atoms with E-state index in [1.54, 1.807) is 6.07 Å². The Bertz CT molecular complexity index is 475. The van der Waals surface area contributed by atoms with Gasteiger partial charge in [-0.15, -0.1) is 6.20 Å². The van der Waals surface area contributed by atoms with Gasteiger partial charge in [-0.25, -0.2) is 0 Å². The van der Waals surface area contributed by atoms with Crippen molar-refractivity contribution in [2.75, 3.05) is 0 Å². The number of hydrogen-bond donors (Lipinski definition) is 0. The minimum atomic E-state index is -0.464. The molecule has 70 valence electrons. The Kier molecular flexibility index (Phi) is 3.25. The molecule has 1 aromatic carbocycles. The first kappa shape index (κ1) is 10.7. The fourth-order valence-electron chi connectivity index (χ4n) is 1.02. The molecule has 0 amide bonds. The Morgan fingerprint density at radius 1 is 1.36 bits per heavy atom. The molecule has 14 heavy (non-hydrogen) atoms. The van der Waals surface area contributed by atoms with Gasteiger partial charge in [0.25, 0.3) is 5.69 Å². The van der Waals surface area contributed by atoms with Gasteiger partial charge >= 0.3 is 0 Å². The van der Waals surface area contributed by atoms with Crippen LogP contribution in [0.3, 0.4) is 0 Å². The predicted molar refractivity (Wildman–Crippen MR) is 45.0 cm³/mol. The van der Waals surface area contributed by atoms with E-state index in [-0.39, 0.29) is 26.8 Å². The molecule has 6 heteroatoms. The summed E-state index contributed by atoms with van der Waals surface area (Å²) in [5.74, 6) is 0. The fourth-order valence-corrected chi connectivity index (χ4v) is 1.02. The molecule has 0 saturated heterocycles. The molecule has 1 aromatic heterocycles. The normalized spacial score (nSPS) is 9.43. The number of rotatable bonds is 1. The number of aromatic nitrogens is 2. The maximum atomic E-state index is 10.4. The van der Waals surface area contributed by atoms with Crippen molar-refractivity contribution in [3.05, 3.63) is 40.7 Å². The summed E-state index contributed by atoms with van der Waals surface area (Å²) in [5, 5.41) is 10.4. The van der Waals surface area contributed by atoms with E-state index in [0.29, 0.717) is 11.0 Å². The maximum Gasteiger partial charge on any atom is 0.254 e. The quantitative estimate of drug-likeness (QED) is 0.438. The second-order valence-electron chi connectivity index (χ2n) is 2.43. The van der Waals surface area contributed by atoms with Crippen molar-refractivity contribution in [3.8, 4) is 0 Å². The number of nitro benzene ring substituents is 1. The van der Waals surface area contributed by atoms with Gasteiger partial charge in [0.1, 0.15) is 0 Å². The van der Waals surface area contributed by atoms with Crippen molar-refractivity contribution in [3.63, 3.8) is 0 Å². The Morgan fingerprint density at radius 2 is 2.14 bits per heavy atom. The SMILES string of the molecule is O=[N+]([O-])c1ccc2nc[c-]nc2c1.[W]. The van der Waals surface area contributed by atoms with E-state index in [9.17, 15) is 10.1 Å². The van der Waals surface area contributed by atoms with E-state index >= 15 is 0 Å². The molecule has 0 fully saturated rings. The first-order valence-electron chi connectivity index (χ1n) is 3.54. The van der Waals surface area contributed by atoms with Crippen molar-refractivity contribution in [1.29, 1.82) is 0 Å². The van der Waals surface area contributed by atoms with Crippen LogP contribution in [0, 0.1) is 16.3 Å². The molecule has 0 radical (unpaired) electrons. The van der Waals surface area contributed by atoms with E-state index in [4.69, 9.17) is 0 Å². The summed E-state index contributed by atoms with van der Waals surface area (Å²) in [4.78, 5) is 17.7. The Balaban J connectivity index is 0.000000980. The van der Waals surface area contributed by atoms with Crippen LogP contribution in [0.2, 0.25) is 0 Å². The summed E-state index contributed by atoms with van der Waals surface area (Å²) in [7, 11) is 0. The van der Waals surface area contributed by atoms with Crippen LogP contribution < -0.4 is 0 Å². The fraction of sp³-hybridized carbons (Fsp3) is 0. The first-order chi connectivity index (χ1) is 6.27. The van der Waals surface area contributed by atoms with Crippen LogP contribution in [0.1, 0.15) is 0 Å². The Labute approximate surface area is 93.6 Å². The average molecular weight is 358 g/mol. The Hall–Kier alpha value is -1.35. The molecule has 0 N–H and O–H groups in total. The van der Waals surface area contributed by atoms with Gasteiger partial charge in [-0.1, -0.05) is 5.52 Å². The molecule has 0 spiro atoms. The zero-order valence-corrected chi connectivity index (χ0v) is 9.81. The van der Waals surface area contributed by atoms with Crippen LogP contribution in [-0.4, -0.2) is 14.9 Å². The molecule has 2 aromatic rings. The molecule has 0 atom stereocenters. The third kappa shape index (κ3) is 1.93. The third-order valence-corrected chi connectivity index (χ3v) is 1.62. The third-order valence-electron chi connectivity index (χ3n) is 1.62. The van der Waals surface area contributed by atoms with Crippen LogP contribution >= 0.6 is 0 Å². The van der Waals surface area contributed by atoms with Crippen molar-refractivity contribution < 1.29 is 26.0 Å². The van der Waals surface area contributed by atoms with E-state index < -0.39 is 4.92 Å². The van der Waals surface area contributed by atoms with Crippen molar-refractivity contribution in [1.82, 2.24) is 9.97 Å². The van der Waals surface area contributed by atoms with Gasteiger partial charge in [-0.2, -0.15) is 0 Å². The van der Waals surface area contributed by atoms with Crippen LogP contribution in [0.25, 0.3) is 11.0 Å². The summed E-state index contributed by atoms with van der Waals surface area (Å²) >= 11 is 0. The first-order valence-corrected chi connectivity index (χ1v) is 3.54. The summed E-state index contributed by atoms with van der Waals surface area (Å²) in [6.07, 6.45) is 3.94. The minimum absolute atomic E-state index is 0. The summed E-state index contributed by atoms with van der Waals surface area (Å²) in [6.45, 7) is 0. The predicted octanol–water partition coefficient (Wildman–Crippen LogP) is 1.34. The molecule has 0 aliphatic rings. The molecule has 2 rings (SSSR count). The Morgan fingerprint density at radius 3 is 2.86 bits per heavy atom. The van der Waals surface area contributed by atoms with Gasteiger partial charge < -0.3 is 4.98 Å². The number of hydrogen-bond acceptors (Lipinski definition) is 4. The van der Waals surface area contributed by atoms with E-state index in [1.165, 1.54) is 18.3 Å². The van der Waals surface area contributed by atoms with Crippen LogP contribution in [-0.2, 0) is 21.1 Å². The van der Waals surface area contributed by atoms with Crippen LogP contribution in [0.15, 0.2) is 24.4 Å². The number of non-ortho nitro benzene ring substituents is 1. The van der Waals surface area contributed by atoms with Crippen molar-refractivity contribution >= 4 is 16.7 Å². The number of benzene rings is 1. The second-order valence-corrected chi connectivity index (χ2v) is 2.43. The summed E-state index contributed by atoms with van der Waals surface area (Å²) in [6, 6.07) is 4.34. The molecular weight excluding hydrogens is 354 g/mol. The molecule has 5 nitrogen and oxygen atoms in total. The van der Waals surface area contributed by atoms with Gasteiger partial charge in [-0.3, -0.25) is 15.1 Å². The maximum absolute atomic E-state index is 10.4. The molecule has 0 aliphatic carbocycles. The minimum Gasteiger partial charge on any atom is -0.448 e. The molecule has 0 saturated carbocycles. The smallest absolute Gasteiger partial charge is 0.254 e. The van der Waals surface area contributed by atoms with E-state index in [1.807, 2.05) is 0 Å². The number of nitro groups is 1. The molecule has 0 bridgehead atoms. The monoisotopic (exact) mass is 358 g/mol.